The molecule has 0 rings (SSSR count). The maximum absolute atomic E-state index is 11.4. The fourth-order valence-corrected chi connectivity index (χ4v) is 9.57. The van der Waals surface area contributed by atoms with E-state index in [9.17, 15) is 76.7 Å². The molecule has 0 aliphatic carbocycles. The van der Waals surface area contributed by atoms with Gasteiger partial charge in [0.15, 0.2) is 0 Å². The van der Waals surface area contributed by atoms with E-state index in [4.69, 9.17) is 85.3 Å². The number of unbranched alkanes of at least 4 members (excludes halogenated alkanes) is 8. The van der Waals surface area contributed by atoms with Crippen LogP contribution in [0.15, 0.2) is 0 Å². The van der Waals surface area contributed by atoms with E-state index in [-0.39, 0.29) is 88.2 Å². The maximum Gasteiger partial charge on any atom is 0.408 e. The van der Waals surface area contributed by atoms with Crippen molar-refractivity contribution in [3.05, 3.63) is 0 Å². The number of alkyl carbamates (subject to hydrolysis) is 6. The first-order valence-electron chi connectivity index (χ1n) is 51.7. The molecule has 0 saturated heterocycles. The molecule has 39 nitrogen and oxygen atoms in total. The van der Waals surface area contributed by atoms with E-state index in [1.165, 1.54) is 47.0 Å². The van der Waals surface area contributed by atoms with Gasteiger partial charge in [0.25, 0.3) is 0 Å². The van der Waals surface area contributed by atoms with E-state index in [2.05, 4.69) is 52.7 Å². The van der Waals surface area contributed by atoms with Gasteiger partial charge in [-0.15, -0.1) is 0 Å². The van der Waals surface area contributed by atoms with Crippen LogP contribution in [0.5, 0.6) is 0 Å². The summed E-state index contributed by atoms with van der Waals surface area (Å²) in [5.41, 5.74) is 17.8. The Hall–Kier alpha value is -9.08. The molecule has 0 aromatic heterocycles. The third-order valence-electron chi connectivity index (χ3n) is 15.9. The number of nitrogens with one attached hydrogen (secondary N) is 6. The van der Waals surface area contributed by atoms with Gasteiger partial charge in [-0.25, -0.2) is 38.4 Å². The molecule has 6 unspecified atom stereocenters. The number of aliphatic carboxylic acids is 2. The summed E-state index contributed by atoms with van der Waals surface area (Å²) in [4.78, 5) is 175. The van der Waals surface area contributed by atoms with Crippen molar-refractivity contribution in [1.29, 1.82) is 0 Å². The zero-order valence-corrected chi connectivity index (χ0v) is 99.4. The zero-order valence-electron chi connectivity index (χ0n) is 99.4. The highest BCUT2D eigenvalue weighted by atomic mass is 16.6. The summed E-state index contributed by atoms with van der Waals surface area (Å²) in [7, 11) is 0. The van der Waals surface area contributed by atoms with E-state index in [0.29, 0.717) is 83.8 Å². The van der Waals surface area contributed by atoms with Gasteiger partial charge >= 0.3 is 72.4 Å². The Morgan fingerprint density at radius 2 is 0.527 bits per heavy atom. The molecule has 0 aliphatic rings. The van der Waals surface area contributed by atoms with Crippen LogP contribution in [0.3, 0.4) is 0 Å². The number of Topliss-reactive ketones (excluding diaryl/α,β-unsaturated/α-hetero) is 4. The van der Waals surface area contributed by atoms with Crippen LogP contribution in [-0.2, 0) is 100 Å². The Balaban J connectivity index is -0.000000153. The second kappa shape index (κ2) is 85.7. The van der Waals surface area contributed by atoms with Gasteiger partial charge in [-0.1, -0.05) is 113 Å². The Morgan fingerprint density at radius 1 is 0.253 bits per heavy atom. The summed E-state index contributed by atoms with van der Waals surface area (Å²) in [6.07, 6.45) is 17.5. The van der Waals surface area contributed by atoms with Crippen molar-refractivity contribution in [3.8, 4) is 0 Å². The molecule has 0 radical (unpaired) electrons. The molecule has 146 heavy (non-hydrogen) atoms. The molecule has 0 aromatic carbocycles. The number of ketones is 4. The summed E-state index contributed by atoms with van der Waals surface area (Å²) in [5, 5.41) is 32.6. The highest BCUT2D eigenvalue weighted by Crippen LogP contribution is 2.18. The largest absolute Gasteiger partial charge is 0.480 e. The minimum absolute atomic E-state index is 0.00472. The van der Waals surface area contributed by atoms with E-state index in [1.54, 1.807) is 111 Å². The smallest absolute Gasteiger partial charge is 0.408 e. The average molecular weight is 2100 g/mol. The van der Waals surface area contributed by atoms with Crippen LogP contribution in [0.1, 0.15) is 472 Å². The summed E-state index contributed by atoms with van der Waals surface area (Å²) in [6.45, 7) is 81.7. The topological polar surface area (TPSA) is 591 Å². The second-order valence-electron chi connectivity index (χ2n) is 45.6. The normalized spacial score (nSPS) is 12.5. The van der Waals surface area contributed by atoms with Crippen molar-refractivity contribution in [2.75, 3.05) is 26.2 Å². The van der Waals surface area contributed by atoms with Crippen molar-refractivity contribution < 1.29 is 139 Å². The number of carboxylic acids is 2. The molecule has 0 saturated carbocycles. The standard InChI is InChI=1S/C12H24N2O3.C12H23NO4.C11H22N2O3.C11H21NO4.C10H21NO2.C10H23NO.C9H17NO3.C9H18O2.C8H15NO3.C8H16O2.C7H14O2/c1-9(15)10(13)7-5-6-8-14-11(16)17-12(2,3)4;1-5-6-7-8-9(10(14)15)13-11(16)17-12(2,3)4;1-8(14)9(12)6-5-7-13-10(15)16-11(2,3)4;1-5-6-7-8(9(13)14)12-10(15)16-11(2,3)4;1-5-6-7-8(11)9(12)13-10(2,3)4;1-5-6-7-8-9(11)12-10(2,3)4;1-7(11)5-6-10-8(12)13-9(2,3)4;1-5-6-7-8(10)11-9(2,3)4;1-6(10)5-9-7(11)12-8(2,3)4;1-5-6-7(9)10-8(2,3)4;1-5-6(8)9-7(2,3)4/h10H,5-8,13H2,1-4H3,(H,14,16);9H,5-8H2,1-4H3,(H,13,16)(H,14,15);9H,5-7,12H2,1-4H3,(H,13,15);8H,5-7H2,1-4H3,(H,12,15)(H,13,14);8H,5-7,11H2,1-4H3;9H,5-8,11H2,1-4H3;5-6H2,1-4H3,(H,10,12);5-7H2,1-4H3;5H2,1-4H3,(H,9,11);5-6H2,1-4H3;5H2,1-4H3. The fourth-order valence-electron chi connectivity index (χ4n) is 9.57. The lowest BCUT2D eigenvalue weighted by atomic mass is 10.1. The van der Waals surface area contributed by atoms with Crippen molar-refractivity contribution in [3.63, 3.8) is 0 Å². The summed E-state index contributed by atoms with van der Waals surface area (Å²) >= 11 is 0. The first-order valence-corrected chi connectivity index (χ1v) is 51.7. The van der Waals surface area contributed by atoms with Gasteiger partial charge in [0.05, 0.1) is 24.2 Å². The van der Waals surface area contributed by atoms with Crippen LogP contribution >= 0.6 is 0 Å². The number of ether oxygens (including phenoxy) is 11. The van der Waals surface area contributed by atoms with Crippen molar-refractivity contribution in [2.45, 2.75) is 570 Å². The van der Waals surface area contributed by atoms with E-state index < -0.39 is 112 Å². The van der Waals surface area contributed by atoms with Gasteiger partial charge in [0.1, 0.15) is 103 Å². The van der Waals surface area contributed by atoms with Gasteiger partial charge < -0.3 is 117 Å². The van der Waals surface area contributed by atoms with Crippen LogP contribution in [0.2, 0.25) is 0 Å². The molecule has 6 amide bonds. The number of rotatable bonds is 42. The van der Waals surface area contributed by atoms with Gasteiger partial charge in [-0.05, 0) is 333 Å². The molecule has 39 heteroatoms. The second-order valence-corrected chi connectivity index (χ2v) is 45.6. The summed E-state index contributed by atoms with van der Waals surface area (Å²) < 4.78 is 55.7. The SMILES string of the molecule is CC(=O)C(N)CCCCNC(=O)OC(C)(C)C.CC(=O)C(N)CCCNC(=O)OC(C)(C)C.CC(=O)CCNC(=O)OC(C)(C)C.CC(=O)CNC(=O)OC(C)(C)C.CCC(=O)OC(C)(C)C.CCCC(=O)OC(C)(C)C.CCCCC(=O)OC(C)(C)C.CCCCC(N)C(=O)OC(C)(C)C.CCCCC(NC(=O)OC(C)(C)C)C(=O)O.CCCCCC(N)OC(C)(C)C.CCCCCC(NC(=O)OC(C)(C)C)C(=O)O. The fraction of sp³-hybridized carbons (Fsp3) is 0.850. The van der Waals surface area contributed by atoms with Gasteiger partial charge in [0.2, 0.25) is 0 Å². The molecule has 0 fully saturated rings. The molecule has 0 aromatic rings. The molecule has 866 valence electrons. The van der Waals surface area contributed by atoms with Crippen LogP contribution in [0.25, 0.3) is 0 Å². The van der Waals surface area contributed by atoms with Gasteiger partial charge in [-0.3, -0.25) is 38.4 Å². The number of carbonyl (C=O) groups excluding carboxylic acids is 14. The summed E-state index contributed by atoms with van der Waals surface area (Å²) in [6, 6.07) is -3.00. The van der Waals surface area contributed by atoms with Crippen LogP contribution < -0.4 is 54.8 Å². The zero-order chi connectivity index (χ0) is 117. The molecule has 6 atom stereocenters. The summed E-state index contributed by atoms with van der Waals surface area (Å²) in [5.74, 6) is -2.73. The van der Waals surface area contributed by atoms with E-state index in [1.807, 2.05) is 145 Å². The minimum Gasteiger partial charge on any atom is -0.480 e. The molecular formula is C107H214N10O29. The molecular weight excluding hydrogens is 1890 g/mol. The quantitative estimate of drug-likeness (QED) is 0.0117. The number of hydrogen-bond donors (Lipinski definition) is 12. The first kappa shape index (κ1) is 160. The number of carboxylic acid groups (broad SMARTS) is 2. The van der Waals surface area contributed by atoms with Crippen LogP contribution in [-0.4, -0.2) is 230 Å². The number of nitrogens with two attached hydrogens (primary N) is 4. The number of amides is 6. The van der Waals surface area contributed by atoms with Crippen molar-refractivity contribution >= 4 is 95.5 Å². The highest BCUT2D eigenvalue weighted by molar-refractivity contribution is 5.83. The number of esters is 4. The number of carbonyl (C=O) groups is 16. The maximum atomic E-state index is 11.4. The average Bonchev–Trinajstić information content (AvgIpc) is 0.905. The van der Waals surface area contributed by atoms with Crippen LogP contribution in [0, 0.1) is 0 Å². The molecule has 16 N–H and O–H groups in total. The first-order chi connectivity index (χ1) is 65.8. The Kier molecular flexibility index (Phi) is 93.6. The van der Waals surface area contributed by atoms with Crippen molar-refractivity contribution in [2.24, 2.45) is 22.9 Å². The van der Waals surface area contributed by atoms with Gasteiger partial charge in [-0.2, -0.15) is 0 Å². The molecule has 0 bridgehead atoms. The molecule has 0 aliphatic heterocycles. The molecule has 0 heterocycles. The van der Waals surface area contributed by atoms with Crippen molar-refractivity contribution in [1.82, 2.24) is 31.9 Å². The highest BCUT2D eigenvalue weighted by Gasteiger charge is 2.29. The third kappa shape index (κ3) is 150. The van der Waals surface area contributed by atoms with Gasteiger partial charge in [0, 0.05) is 45.3 Å². The lowest BCUT2D eigenvalue weighted by Gasteiger charge is -2.24. The molecule has 0 spiro atoms. The minimum atomic E-state index is -1.03. The predicted molar refractivity (Wildman–Crippen MR) is 577 cm³/mol. The Labute approximate surface area is 881 Å². The Bertz CT molecular complexity index is 3540. The van der Waals surface area contributed by atoms with E-state index >= 15 is 0 Å². The lowest BCUT2D eigenvalue weighted by Crippen LogP contribution is -2.43. The predicted octanol–water partition coefficient (Wildman–Crippen LogP) is 21.0. The van der Waals surface area contributed by atoms with Crippen LogP contribution in [0.4, 0.5) is 28.8 Å². The third-order valence-corrected chi connectivity index (χ3v) is 15.9. The lowest BCUT2D eigenvalue weighted by molar-refractivity contribution is -0.157. The Morgan fingerprint density at radius 3 is 0.815 bits per heavy atom. The monoisotopic (exact) mass is 2100 g/mol. The number of hydrogen-bond acceptors (Lipinski definition) is 31. The van der Waals surface area contributed by atoms with E-state index in [0.717, 1.165) is 83.5 Å².